The molecule has 19 heavy (non-hydrogen) atoms. The first-order valence-corrected chi connectivity index (χ1v) is 7.83. The van der Waals surface area contributed by atoms with E-state index in [1.165, 1.54) is 21.4 Å². The van der Waals surface area contributed by atoms with Crippen molar-refractivity contribution in [1.29, 1.82) is 0 Å². The van der Waals surface area contributed by atoms with Crippen molar-refractivity contribution in [3.8, 4) is 0 Å². The second-order valence-corrected chi connectivity index (χ2v) is 6.59. The molecule has 0 bridgehead atoms. The van der Waals surface area contributed by atoms with E-state index in [9.17, 15) is 13.2 Å². The maximum Gasteiger partial charge on any atom is 0.358 e. The highest BCUT2D eigenvalue weighted by molar-refractivity contribution is 7.88. The van der Waals surface area contributed by atoms with Crippen LogP contribution in [0.4, 0.5) is 0 Å². The molecule has 1 atom stereocenters. The van der Waals surface area contributed by atoms with Gasteiger partial charge in [0.25, 0.3) is 0 Å². The van der Waals surface area contributed by atoms with E-state index < -0.39 is 16.0 Å². The van der Waals surface area contributed by atoms with Gasteiger partial charge in [-0.25, -0.2) is 13.2 Å². The van der Waals surface area contributed by atoms with Crippen LogP contribution in [0.2, 0.25) is 0 Å². The fourth-order valence-corrected chi connectivity index (χ4v) is 3.47. The van der Waals surface area contributed by atoms with Crippen molar-refractivity contribution in [3.05, 3.63) is 11.9 Å². The van der Waals surface area contributed by atoms with E-state index in [0.717, 1.165) is 19.3 Å². The number of aromatic nitrogens is 3. The van der Waals surface area contributed by atoms with Crippen LogP contribution in [0.3, 0.4) is 0 Å². The first-order valence-electron chi connectivity index (χ1n) is 5.98. The summed E-state index contributed by atoms with van der Waals surface area (Å²) in [6.45, 7) is 0.831. The van der Waals surface area contributed by atoms with E-state index in [0.29, 0.717) is 13.1 Å². The normalized spacial score (nSPS) is 21.4. The highest BCUT2D eigenvalue weighted by atomic mass is 32.2. The number of carboxylic acids is 1. The number of piperidine rings is 1. The van der Waals surface area contributed by atoms with Gasteiger partial charge in [-0.05, 0) is 12.8 Å². The van der Waals surface area contributed by atoms with Crippen molar-refractivity contribution in [2.45, 2.75) is 31.8 Å². The molecule has 1 N–H and O–H groups in total. The number of carbonyl (C=O) groups is 1. The van der Waals surface area contributed by atoms with E-state index in [2.05, 4.69) is 10.3 Å². The minimum Gasteiger partial charge on any atom is -0.476 e. The van der Waals surface area contributed by atoms with Crippen LogP contribution in [-0.2, 0) is 16.6 Å². The summed E-state index contributed by atoms with van der Waals surface area (Å²) in [5, 5.41) is 16.0. The van der Waals surface area contributed by atoms with Crippen LogP contribution in [0.25, 0.3) is 0 Å². The molecule has 2 rings (SSSR count). The molecule has 8 nitrogen and oxygen atoms in total. The summed E-state index contributed by atoms with van der Waals surface area (Å²) in [6, 6.07) is -0.188. The van der Waals surface area contributed by atoms with Gasteiger partial charge in [0.05, 0.1) is 19.0 Å². The molecule has 1 unspecified atom stereocenters. The summed E-state index contributed by atoms with van der Waals surface area (Å²) < 4.78 is 26.2. The molecule has 1 fully saturated rings. The van der Waals surface area contributed by atoms with E-state index >= 15 is 0 Å². The van der Waals surface area contributed by atoms with Crippen LogP contribution in [0.15, 0.2) is 6.20 Å². The second-order valence-electron chi connectivity index (χ2n) is 4.65. The lowest BCUT2D eigenvalue weighted by molar-refractivity contribution is 0.0690. The predicted octanol–water partition coefficient (Wildman–Crippen LogP) is -0.210. The number of hydrogen-bond acceptors (Lipinski definition) is 5. The maximum absolute atomic E-state index is 11.7. The molecule has 0 aliphatic carbocycles. The third-order valence-corrected chi connectivity index (χ3v) is 4.49. The molecule has 0 spiro atoms. The Morgan fingerprint density at radius 2 is 2.26 bits per heavy atom. The summed E-state index contributed by atoms with van der Waals surface area (Å²) in [6.07, 6.45) is 5.06. The van der Waals surface area contributed by atoms with Crippen molar-refractivity contribution >= 4 is 16.0 Å². The lowest BCUT2D eigenvalue weighted by atomic mass is 10.1. The van der Waals surface area contributed by atoms with Gasteiger partial charge in [-0.1, -0.05) is 11.6 Å². The van der Waals surface area contributed by atoms with Gasteiger partial charge in [-0.3, -0.25) is 4.68 Å². The number of rotatable bonds is 4. The highest BCUT2D eigenvalue weighted by Gasteiger charge is 2.29. The van der Waals surface area contributed by atoms with Crippen molar-refractivity contribution < 1.29 is 18.3 Å². The zero-order valence-electron chi connectivity index (χ0n) is 10.6. The fraction of sp³-hybridized carbons (Fsp3) is 0.700. The van der Waals surface area contributed by atoms with Gasteiger partial charge >= 0.3 is 5.97 Å². The van der Waals surface area contributed by atoms with Gasteiger partial charge in [0, 0.05) is 12.6 Å². The Kier molecular flexibility index (Phi) is 3.85. The molecule has 106 valence electrons. The number of nitrogens with zero attached hydrogens (tertiary/aromatic N) is 4. The Morgan fingerprint density at radius 3 is 2.84 bits per heavy atom. The third kappa shape index (κ3) is 3.29. The smallest absolute Gasteiger partial charge is 0.358 e. The lowest BCUT2D eigenvalue weighted by Gasteiger charge is -2.33. The first-order chi connectivity index (χ1) is 8.88. The van der Waals surface area contributed by atoms with Crippen LogP contribution in [0.5, 0.6) is 0 Å². The lowest BCUT2D eigenvalue weighted by Crippen LogP contribution is -2.45. The number of carboxylic acid groups (broad SMARTS) is 1. The van der Waals surface area contributed by atoms with E-state index in [1.54, 1.807) is 0 Å². The molecule has 2 heterocycles. The topological polar surface area (TPSA) is 105 Å². The molecule has 1 aromatic rings. The van der Waals surface area contributed by atoms with Crippen LogP contribution in [0, 0.1) is 0 Å². The Labute approximate surface area is 111 Å². The summed E-state index contributed by atoms with van der Waals surface area (Å²) in [5.41, 5.74) is -0.137. The molecule has 1 aromatic heterocycles. The van der Waals surface area contributed by atoms with Gasteiger partial charge in [0.1, 0.15) is 0 Å². The van der Waals surface area contributed by atoms with Crippen LogP contribution < -0.4 is 0 Å². The minimum absolute atomic E-state index is 0.137. The quantitative estimate of drug-likeness (QED) is 0.822. The third-order valence-electron chi connectivity index (χ3n) is 3.15. The number of sulfonamides is 1. The molecule has 0 aromatic carbocycles. The number of hydrogen-bond donors (Lipinski definition) is 1. The van der Waals surface area contributed by atoms with Crippen molar-refractivity contribution in [3.63, 3.8) is 0 Å². The predicted molar refractivity (Wildman–Crippen MR) is 66.2 cm³/mol. The first kappa shape index (κ1) is 13.9. The molecule has 1 aliphatic rings. The van der Waals surface area contributed by atoms with Crippen LogP contribution in [-0.4, -0.2) is 57.6 Å². The summed E-state index contributed by atoms with van der Waals surface area (Å²) in [5.74, 6) is -1.14. The SMILES string of the molecule is CS(=O)(=O)N1CCCCC1Cn1cc(C(=O)O)nn1. The second kappa shape index (κ2) is 5.25. The Balaban J connectivity index is 2.13. The fourth-order valence-electron chi connectivity index (χ4n) is 2.29. The average Bonchev–Trinajstić information content (AvgIpc) is 2.77. The van der Waals surface area contributed by atoms with Gasteiger partial charge < -0.3 is 5.11 Å². The van der Waals surface area contributed by atoms with Gasteiger partial charge in [0.15, 0.2) is 5.69 Å². The molecule has 1 aliphatic heterocycles. The largest absolute Gasteiger partial charge is 0.476 e. The zero-order chi connectivity index (χ0) is 14.0. The molecule has 0 saturated carbocycles. The van der Waals surface area contributed by atoms with Crippen molar-refractivity contribution in [2.75, 3.05) is 12.8 Å². The highest BCUT2D eigenvalue weighted by Crippen LogP contribution is 2.21. The Morgan fingerprint density at radius 1 is 1.53 bits per heavy atom. The van der Waals surface area contributed by atoms with E-state index in [4.69, 9.17) is 5.11 Å². The molecule has 1 saturated heterocycles. The maximum atomic E-state index is 11.7. The molecule has 0 amide bonds. The summed E-state index contributed by atoms with van der Waals surface area (Å²) >= 11 is 0. The van der Waals surface area contributed by atoms with E-state index in [1.807, 2.05) is 0 Å². The van der Waals surface area contributed by atoms with Gasteiger partial charge in [-0.2, -0.15) is 4.31 Å². The molecular weight excluding hydrogens is 272 g/mol. The molecule has 0 radical (unpaired) electrons. The van der Waals surface area contributed by atoms with Crippen LogP contribution >= 0.6 is 0 Å². The Hall–Kier alpha value is -1.48. The number of aromatic carboxylic acids is 1. The summed E-state index contributed by atoms with van der Waals surface area (Å²) in [7, 11) is -3.25. The van der Waals surface area contributed by atoms with Gasteiger partial charge in [-0.15, -0.1) is 5.10 Å². The van der Waals surface area contributed by atoms with Gasteiger partial charge in [0.2, 0.25) is 10.0 Å². The monoisotopic (exact) mass is 288 g/mol. The summed E-state index contributed by atoms with van der Waals surface area (Å²) in [4.78, 5) is 10.7. The van der Waals surface area contributed by atoms with Crippen molar-refractivity contribution in [1.82, 2.24) is 19.3 Å². The zero-order valence-corrected chi connectivity index (χ0v) is 11.4. The standard InChI is InChI=1S/C10H16N4O4S/c1-19(17,18)14-5-3-2-4-8(14)6-13-7-9(10(15)16)11-12-13/h7-8H,2-6H2,1H3,(H,15,16). The van der Waals surface area contributed by atoms with E-state index in [-0.39, 0.29) is 11.7 Å². The van der Waals surface area contributed by atoms with Crippen LogP contribution in [0.1, 0.15) is 29.8 Å². The average molecular weight is 288 g/mol. The minimum atomic E-state index is -3.25. The molecular formula is C10H16N4O4S. The molecule has 9 heteroatoms. The Bertz CT molecular complexity index is 568. The van der Waals surface area contributed by atoms with Crippen molar-refractivity contribution in [2.24, 2.45) is 0 Å².